The first kappa shape index (κ1) is 75.2. The van der Waals surface area contributed by atoms with Crippen molar-refractivity contribution in [2.75, 3.05) is 13.2 Å². The number of carbonyl (C=O) groups is 1. The maximum absolute atomic E-state index is 13.1. The van der Waals surface area contributed by atoms with Crippen LogP contribution in [0.2, 0.25) is 0 Å². The van der Waals surface area contributed by atoms with Gasteiger partial charge in [-0.15, -0.1) is 0 Å². The molecular formula is C70H131NO8. The van der Waals surface area contributed by atoms with Gasteiger partial charge in [0.2, 0.25) is 5.91 Å². The van der Waals surface area contributed by atoms with Crippen LogP contribution in [0.4, 0.5) is 0 Å². The van der Waals surface area contributed by atoms with Crippen LogP contribution in [-0.2, 0) is 14.3 Å². The molecule has 1 aliphatic heterocycles. The van der Waals surface area contributed by atoms with Crippen LogP contribution in [0.1, 0.15) is 335 Å². The summed E-state index contributed by atoms with van der Waals surface area (Å²) in [5.74, 6) is -0.182. The van der Waals surface area contributed by atoms with Crippen LogP contribution in [-0.4, -0.2) is 87.5 Å². The van der Waals surface area contributed by atoms with Gasteiger partial charge in [0.25, 0.3) is 0 Å². The first-order chi connectivity index (χ1) is 38.8. The van der Waals surface area contributed by atoms with E-state index < -0.39 is 49.5 Å². The normalized spacial score (nSPS) is 18.8. The van der Waals surface area contributed by atoms with E-state index in [9.17, 15) is 30.3 Å². The summed E-state index contributed by atoms with van der Waals surface area (Å²) in [6.07, 6.45) is 73.6. The number of unbranched alkanes of at least 4 members (excludes halogenated alkanes) is 44. The number of aliphatic hydroxyl groups excluding tert-OH is 5. The van der Waals surface area contributed by atoms with E-state index in [-0.39, 0.29) is 12.5 Å². The molecule has 6 N–H and O–H groups in total. The van der Waals surface area contributed by atoms with Crippen LogP contribution < -0.4 is 5.32 Å². The van der Waals surface area contributed by atoms with Crippen molar-refractivity contribution in [3.63, 3.8) is 0 Å². The van der Waals surface area contributed by atoms with Crippen molar-refractivity contribution in [2.45, 2.75) is 378 Å². The molecule has 9 nitrogen and oxygen atoms in total. The average Bonchev–Trinajstić information content (AvgIpc) is 3.47. The second-order valence-electron chi connectivity index (χ2n) is 24.0. The molecule has 0 saturated carbocycles. The predicted molar refractivity (Wildman–Crippen MR) is 336 cm³/mol. The Morgan fingerprint density at radius 3 is 1.14 bits per heavy atom. The monoisotopic (exact) mass is 1110 g/mol. The summed E-state index contributed by atoms with van der Waals surface area (Å²) in [6, 6.07) is -0.823. The van der Waals surface area contributed by atoms with E-state index in [1.54, 1.807) is 6.08 Å². The van der Waals surface area contributed by atoms with Crippen LogP contribution in [0.3, 0.4) is 0 Å². The van der Waals surface area contributed by atoms with Crippen molar-refractivity contribution in [2.24, 2.45) is 0 Å². The highest BCUT2D eigenvalue weighted by molar-refractivity contribution is 5.76. The van der Waals surface area contributed by atoms with Crippen LogP contribution in [0.25, 0.3) is 0 Å². The number of hydrogen-bond acceptors (Lipinski definition) is 8. The lowest BCUT2D eigenvalue weighted by Gasteiger charge is -2.40. The summed E-state index contributed by atoms with van der Waals surface area (Å²) in [6.45, 7) is 3.81. The van der Waals surface area contributed by atoms with Crippen molar-refractivity contribution in [3.05, 3.63) is 48.6 Å². The van der Waals surface area contributed by atoms with Crippen LogP contribution in [0.15, 0.2) is 48.6 Å². The molecule has 1 heterocycles. The molecule has 0 aromatic rings. The quantitative estimate of drug-likeness (QED) is 0.0261. The van der Waals surface area contributed by atoms with E-state index in [2.05, 4.69) is 55.6 Å². The zero-order valence-electron chi connectivity index (χ0n) is 51.9. The fraction of sp³-hybridized carbons (Fsp3) is 0.871. The topological polar surface area (TPSA) is 149 Å². The number of ether oxygens (including phenoxy) is 2. The van der Waals surface area contributed by atoms with Gasteiger partial charge >= 0.3 is 0 Å². The molecule has 7 unspecified atom stereocenters. The minimum atomic E-state index is -1.57. The fourth-order valence-electron chi connectivity index (χ4n) is 11.0. The summed E-state index contributed by atoms with van der Waals surface area (Å²) >= 11 is 0. The lowest BCUT2D eigenvalue weighted by molar-refractivity contribution is -0.302. The first-order valence-corrected chi connectivity index (χ1v) is 34.4. The second-order valence-corrected chi connectivity index (χ2v) is 24.0. The lowest BCUT2D eigenvalue weighted by Crippen LogP contribution is -2.60. The van der Waals surface area contributed by atoms with Crippen LogP contribution in [0.5, 0.6) is 0 Å². The van der Waals surface area contributed by atoms with Gasteiger partial charge < -0.3 is 40.3 Å². The molecule has 79 heavy (non-hydrogen) atoms. The smallest absolute Gasteiger partial charge is 0.220 e. The molecule has 1 saturated heterocycles. The van der Waals surface area contributed by atoms with E-state index in [4.69, 9.17) is 9.47 Å². The Bertz CT molecular complexity index is 1380. The Kier molecular flexibility index (Phi) is 56.4. The molecular weight excluding hydrogens is 983 g/mol. The number of nitrogens with one attached hydrogen (secondary N) is 1. The van der Waals surface area contributed by atoms with Crippen molar-refractivity contribution < 1.29 is 39.8 Å². The van der Waals surface area contributed by atoms with Crippen LogP contribution >= 0.6 is 0 Å². The molecule has 1 aliphatic rings. The molecule has 1 amide bonds. The third-order valence-electron chi connectivity index (χ3n) is 16.4. The number of carbonyl (C=O) groups excluding carboxylic acids is 1. The summed E-state index contributed by atoms with van der Waals surface area (Å²) in [5.41, 5.74) is 0. The number of hydrogen-bond donors (Lipinski definition) is 6. The third kappa shape index (κ3) is 48.3. The molecule has 7 atom stereocenters. The zero-order chi connectivity index (χ0) is 57.2. The third-order valence-corrected chi connectivity index (χ3v) is 16.4. The number of aliphatic hydroxyl groups is 5. The van der Waals surface area contributed by atoms with E-state index in [1.165, 1.54) is 270 Å². The Balaban J connectivity index is 2.14. The highest BCUT2D eigenvalue weighted by Gasteiger charge is 2.44. The maximum Gasteiger partial charge on any atom is 0.220 e. The highest BCUT2D eigenvalue weighted by atomic mass is 16.7. The van der Waals surface area contributed by atoms with Gasteiger partial charge in [0.15, 0.2) is 6.29 Å². The summed E-state index contributed by atoms with van der Waals surface area (Å²) in [4.78, 5) is 13.1. The Morgan fingerprint density at radius 1 is 0.430 bits per heavy atom. The highest BCUT2D eigenvalue weighted by Crippen LogP contribution is 2.23. The van der Waals surface area contributed by atoms with E-state index in [0.29, 0.717) is 6.42 Å². The Hall–Kier alpha value is -1.85. The first-order valence-electron chi connectivity index (χ1n) is 34.4. The summed E-state index contributed by atoms with van der Waals surface area (Å²) < 4.78 is 11.3. The zero-order valence-corrected chi connectivity index (χ0v) is 51.9. The molecule has 0 radical (unpaired) electrons. The van der Waals surface area contributed by atoms with Gasteiger partial charge in [-0.1, -0.05) is 313 Å². The van der Waals surface area contributed by atoms with Gasteiger partial charge in [0, 0.05) is 6.42 Å². The molecule has 1 rings (SSSR count). The molecule has 1 fully saturated rings. The van der Waals surface area contributed by atoms with Gasteiger partial charge in [-0.3, -0.25) is 4.79 Å². The molecule has 0 aromatic heterocycles. The summed E-state index contributed by atoms with van der Waals surface area (Å²) in [5, 5.41) is 54.7. The van der Waals surface area contributed by atoms with E-state index in [0.717, 1.165) is 44.9 Å². The molecule has 9 heteroatoms. The Morgan fingerprint density at radius 2 is 0.759 bits per heavy atom. The predicted octanol–water partition coefficient (Wildman–Crippen LogP) is 18.4. The largest absolute Gasteiger partial charge is 0.394 e. The molecule has 0 aliphatic carbocycles. The standard InChI is InChI=1S/C70H131NO8/c1-3-5-7-9-11-13-15-17-19-21-23-25-27-28-29-30-31-32-33-34-35-36-38-40-42-44-46-48-50-52-54-56-58-60-66(74)71-63(62-78-70-69(77)68(76)67(75)65(61-72)79-70)64(73)59-57-55-53-51-49-47-45-43-41-39-37-26-24-22-20-18-16-14-12-10-8-6-4-2/h23,25,28-29,49,51,57,59,63-65,67-70,72-73,75-77H,3-22,24,26-27,30-48,50,52-56,58,60-62H2,1-2H3,(H,71,74)/b25-23-,29-28-,51-49+,59-57+. The average molecular weight is 1110 g/mol. The van der Waals surface area contributed by atoms with E-state index in [1.807, 2.05) is 6.08 Å². The van der Waals surface area contributed by atoms with E-state index >= 15 is 0 Å². The lowest BCUT2D eigenvalue weighted by atomic mass is 9.99. The van der Waals surface area contributed by atoms with Crippen molar-refractivity contribution in [1.29, 1.82) is 0 Å². The van der Waals surface area contributed by atoms with Crippen molar-refractivity contribution in [3.8, 4) is 0 Å². The van der Waals surface area contributed by atoms with Gasteiger partial charge in [-0.2, -0.15) is 0 Å². The molecule has 0 spiro atoms. The van der Waals surface area contributed by atoms with Gasteiger partial charge in [0.05, 0.1) is 25.4 Å². The Labute approximate surface area is 488 Å². The molecule has 464 valence electrons. The van der Waals surface area contributed by atoms with Gasteiger partial charge in [-0.25, -0.2) is 0 Å². The van der Waals surface area contributed by atoms with Gasteiger partial charge in [-0.05, 0) is 64.2 Å². The van der Waals surface area contributed by atoms with Crippen molar-refractivity contribution >= 4 is 5.91 Å². The molecule has 0 aromatic carbocycles. The number of amides is 1. The number of allylic oxidation sites excluding steroid dienone is 7. The van der Waals surface area contributed by atoms with Crippen molar-refractivity contribution in [1.82, 2.24) is 5.32 Å². The minimum absolute atomic E-state index is 0.182. The molecule has 0 bridgehead atoms. The fourth-order valence-corrected chi connectivity index (χ4v) is 11.0. The minimum Gasteiger partial charge on any atom is -0.394 e. The maximum atomic E-state index is 13.1. The van der Waals surface area contributed by atoms with Crippen LogP contribution in [0, 0.1) is 0 Å². The van der Waals surface area contributed by atoms with Gasteiger partial charge in [0.1, 0.15) is 24.4 Å². The number of rotatable bonds is 60. The SMILES string of the molecule is CCCCCCCCCCC/C=C\C/C=C\CCCCCCCCCCCCCCCCCCCC(=O)NC(COC1OC(CO)C(O)C(O)C1O)C(O)/C=C/CC/C=C/CCCCCCCCCCCCCCCCCCC. The summed E-state index contributed by atoms with van der Waals surface area (Å²) in [7, 11) is 0. The second kappa shape index (κ2) is 59.3.